The minimum atomic E-state index is -1.09. The van der Waals surface area contributed by atoms with Crippen molar-refractivity contribution in [1.29, 1.82) is 0 Å². The summed E-state index contributed by atoms with van der Waals surface area (Å²) in [6.07, 6.45) is 3.61. The van der Waals surface area contributed by atoms with Crippen LogP contribution in [0.5, 0.6) is 5.88 Å². The van der Waals surface area contributed by atoms with Gasteiger partial charge < -0.3 is 14.6 Å². The number of Topliss-reactive ketones (excluding diaryl/α,β-unsaturated/α-hetero) is 1. The molecule has 2 atom stereocenters. The molecule has 4 aromatic rings. The molecule has 1 saturated heterocycles. The summed E-state index contributed by atoms with van der Waals surface area (Å²) in [5.74, 6) is 0.573. The zero-order chi connectivity index (χ0) is 24.4. The highest BCUT2D eigenvalue weighted by molar-refractivity contribution is 8.01. The summed E-state index contributed by atoms with van der Waals surface area (Å²) in [6.45, 7) is 0.243. The van der Waals surface area contributed by atoms with Crippen LogP contribution < -0.4 is 10.1 Å². The molecule has 0 spiro atoms. The van der Waals surface area contributed by atoms with E-state index >= 15 is 0 Å². The average molecular weight is 525 g/mol. The molecule has 5 rings (SSSR count). The number of thiophene rings is 1. The number of aromatic nitrogens is 3. The lowest BCUT2D eigenvalue weighted by atomic mass is 9.79. The van der Waals surface area contributed by atoms with Crippen molar-refractivity contribution in [1.82, 2.24) is 19.9 Å². The number of nitrogens with zero attached hydrogens (tertiary/aromatic N) is 3. The number of piperidine rings is 1. The number of carbonyl (C=O) groups excluding carboxylic acids is 2. The molecule has 4 heterocycles. The van der Waals surface area contributed by atoms with Crippen LogP contribution >= 0.6 is 34.7 Å². The van der Waals surface area contributed by atoms with Crippen LogP contribution in [0.2, 0.25) is 5.02 Å². The Hall–Kier alpha value is -3.14. The number of pyridine rings is 1. The van der Waals surface area contributed by atoms with Crippen molar-refractivity contribution in [2.45, 2.75) is 28.7 Å². The Labute approximate surface area is 215 Å². The molecule has 35 heavy (non-hydrogen) atoms. The Balaban J connectivity index is 1.45. The highest BCUT2D eigenvalue weighted by Gasteiger charge is 2.48. The Kier molecular flexibility index (Phi) is 6.64. The first-order valence-electron chi connectivity index (χ1n) is 10.8. The van der Waals surface area contributed by atoms with E-state index in [1.165, 1.54) is 23.1 Å². The summed E-state index contributed by atoms with van der Waals surface area (Å²) in [6, 6.07) is 14.5. The van der Waals surface area contributed by atoms with Crippen LogP contribution in [0.4, 0.5) is 0 Å². The van der Waals surface area contributed by atoms with E-state index in [9.17, 15) is 9.59 Å². The molecule has 0 saturated carbocycles. The molecule has 1 fully saturated rings. The number of ketones is 1. The van der Waals surface area contributed by atoms with Crippen molar-refractivity contribution in [3.8, 4) is 5.88 Å². The molecule has 0 radical (unpaired) electrons. The Morgan fingerprint density at radius 3 is 2.80 bits per heavy atom. The number of nitrogens with one attached hydrogen (secondary N) is 1. The summed E-state index contributed by atoms with van der Waals surface area (Å²) in [4.78, 5) is 36.4. The third-order valence-corrected chi connectivity index (χ3v) is 8.28. The van der Waals surface area contributed by atoms with Gasteiger partial charge in [0.2, 0.25) is 11.8 Å². The van der Waals surface area contributed by atoms with Gasteiger partial charge in [0.1, 0.15) is 23.2 Å². The fraction of sp³-hybridized carbons (Fsp3) is 0.200. The number of carbonyl (C=O) groups is 2. The number of thioether (sulfide) groups is 1. The number of imidazole rings is 1. The molecular formula is C25H21ClN4O3S2. The molecular weight excluding hydrogens is 504 g/mol. The van der Waals surface area contributed by atoms with Crippen molar-refractivity contribution in [3.63, 3.8) is 0 Å². The highest BCUT2D eigenvalue weighted by Crippen LogP contribution is 2.41. The Morgan fingerprint density at radius 2 is 2.09 bits per heavy atom. The second-order valence-electron chi connectivity index (χ2n) is 8.08. The van der Waals surface area contributed by atoms with Gasteiger partial charge in [-0.15, -0.1) is 11.8 Å². The number of hydrogen-bond donors (Lipinski definition) is 1. The number of ether oxygens (including phenoxy) is 1. The number of hydrogen-bond acceptors (Lipinski definition) is 7. The zero-order valence-electron chi connectivity index (χ0n) is 18.7. The Morgan fingerprint density at radius 1 is 1.23 bits per heavy atom. The number of rotatable bonds is 7. The number of benzene rings is 1. The molecule has 1 N–H and O–H groups in total. The molecule has 1 amide bonds. The lowest BCUT2D eigenvalue weighted by molar-refractivity contribution is -0.133. The van der Waals surface area contributed by atoms with E-state index in [1.807, 2.05) is 52.8 Å². The normalized spacial score (nSPS) is 20.0. The minimum Gasteiger partial charge on any atom is -0.469 e. The summed E-state index contributed by atoms with van der Waals surface area (Å²) in [5, 5.41) is 6.58. The minimum absolute atomic E-state index is 0.0629. The molecule has 3 aromatic heterocycles. The predicted octanol–water partition coefficient (Wildman–Crippen LogP) is 4.60. The van der Waals surface area contributed by atoms with Crippen molar-refractivity contribution < 1.29 is 14.3 Å². The van der Waals surface area contributed by atoms with E-state index in [2.05, 4.69) is 10.3 Å². The van der Waals surface area contributed by atoms with Gasteiger partial charge in [0.05, 0.1) is 10.7 Å². The van der Waals surface area contributed by atoms with Gasteiger partial charge in [0.15, 0.2) is 5.78 Å². The van der Waals surface area contributed by atoms with Crippen LogP contribution in [0.15, 0.2) is 76.6 Å². The number of aryl methyl sites for hydroxylation is 1. The van der Waals surface area contributed by atoms with Gasteiger partial charge in [-0.3, -0.25) is 9.59 Å². The van der Waals surface area contributed by atoms with Gasteiger partial charge in [-0.2, -0.15) is 11.3 Å². The lowest BCUT2D eigenvalue weighted by Crippen LogP contribution is -2.58. The third kappa shape index (κ3) is 4.71. The quantitative estimate of drug-likeness (QED) is 0.355. The van der Waals surface area contributed by atoms with Crippen molar-refractivity contribution >= 4 is 46.4 Å². The smallest absolute Gasteiger partial charge is 0.242 e. The van der Waals surface area contributed by atoms with Crippen LogP contribution in [0.25, 0.3) is 0 Å². The largest absolute Gasteiger partial charge is 0.469 e. The molecule has 10 heteroatoms. The van der Waals surface area contributed by atoms with E-state index < -0.39 is 10.8 Å². The topological polar surface area (TPSA) is 86.1 Å². The van der Waals surface area contributed by atoms with Gasteiger partial charge in [0, 0.05) is 36.8 Å². The lowest BCUT2D eigenvalue weighted by Gasteiger charge is -2.39. The number of amides is 1. The summed E-state index contributed by atoms with van der Waals surface area (Å²) in [5.41, 5.74) is 0.254. The first-order valence-corrected chi connectivity index (χ1v) is 13.0. The van der Waals surface area contributed by atoms with E-state index in [1.54, 1.807) is 30.5 Å². The SMILES string of the molecule is Cn1ccnc1COc1cccc(C2(c3ccsc3)CC(=O)C(Sc3ccccc3Cl)C(=O)N2)n1. The van der Waals surface area contributed by atoms with E-state index in [0.717, 1.165) is 11.4 Å². The van der Waals surface area contributed by atoms with Gasteiger partial charge in [0.25, 0.3) is 0 Å². The number of halogens is 1. The molecule has 7 nitrogen and oxygen atoms in total. The first-order chi connectivity index (χ1) is 17.0. The van der Waals surface area contributed by atoms with Gasteiger partial charge in [-0.05, 0) is 40.6 Å². The molecule has 178 valence electrons. The fourth-order valence-corrected chi connectivity index (χ4v) is 5.97. The Bertz CT molecular complexity index is 1350. The van der Waals surface area contributed by atoms with Crippen molar-refractivity contribution in [2.24, 2.45) is 7.05 Å². The second-order valence-corrected chi connectivity index (χ2v) is 10.4. The standard InChI is InChI=1S/C25H21ClN4O3S2/c1-30-11-10-27-21(30)14-33-22-8-4-7-20(28-22)25(16-9-12-34-15-16)13-18(31)23(24(32)29-25)35-19-6-3-2-5-17(19)26/h2-12,15,23H,13-14H2,1H3,(H,29,32). The van der Waals surface area contributed by atoms with E-state index in [4.69, 9.17) is 21.3 Å². The molecule has 0 bridgehead atoms. The fourth-order valence-electron chi connectivity index (χ4n) is 4.00. The summed E-state index contributed by atoms with van der Waals surface area (Å²) in [7, 11) is 1.89. The van der Waals surface area contributed by atoms with Crippen LogP contribution in [0, 0.1) is 0 Å². The molecule has 1 aliphatic heterocycles. The first kappa shape index (κ1) is 23.6. The molecule has 0 aliphatic carbocycles. The molecule has 2 unspecified atom stereocenters. The van der Waals surface area contributed by atoms with E-state index in [0.29, 0.717) is 21.5 Å². The molecule has 1 aromatic carbocycles. The van der Waals surface area contributed by atoms with Crippen molar-refractivity contribution in [2.75, 3.05) is 0 Å². The van der Waals surface area contributed by atoms with Crippen LogP contribution in [0.3, 0.4) is 0 Å². The maximum absolute atomic E-state index is 13.4. The maximum Gasteiger partial charge on any atom is 0.242 e. The van der Waals surface area contributed by atoms with Gasteiger partial charge in [-0.25, -0.2) is 9.97 Å². The zero-order valence-corrected chi connectivity index (χ0v) is 21.1. The van der Waals surface area contributed by atoms with Gasteiger partial charge >= 0.3 is 0 Å². The monoisotopic (exact) mass is 524 g/mol. The second kappa shape index (κ2) is 9.85. The summed E-state index contributed by atoms with van der Waals surface area (Å²) < 4.78 is 7.75. The van der Waals surface area contributed by atoms with Crippen molar-refractivity contribution in [3.05, 3.63) is 93.8 Å². The van der Waals surface area contributed by atoms with Crippen LogP contribution in [-0.2, 0) is 28.8 Å². The molecule has 1 aliphatic rings. The average Bonchev–Trinajstić information content (AvgIpc) is 3.54. The highest BCUT2D eigenvalue weighted by atomic mass is 35.5. The third-order valence-electron chi connectivity index (χ3n) is 5.83. The predicted molar refractivity (Wildman–Crippen MR) is 136 cm³/mol. The van der Waals surface area contributed by atoms with Crippen LogP contribution in [-0.4, -0.2) is 31.5 Å². The van der Waals surface area contributed by atoms with Gasteiger partial charge in [-0.1, -0.05) is 29.8 Å². The van der Waals surface area contributed by atoms with E-state index in [-0.39, 0.29) is 24.7 Å². The maximum atomic E-state index is 13.4. The van der Waals surface area contributed by atoms with Crippen LogP contribution in [0.1, 0.15) is 23.5 Å². The summed E-state index contributed by atoms with van der Waals surface area (Å²) >= 11 is 8.93.